The predicted molar refractivity (Wildman–Crippen MR) is 82.2 cm³/mol. The number of carbonyl (C=O) groups is 1. The van der Waals surface area contributed by atoms with E-state index in [9.17, 15) is 4.79 Å². The lowest BCUT2D eigenvalue weighted by molar-refractivity contribution is -0.130. The van der Waals surface area contributed by atoms with E-state index in [4.69, 9.17) is 5.26 Å². The van der Waals surface area contributed by atoms with Crippen LogP contribution in [0.1, 0.15) is 17.5 Å². The SMILES string of the molecule is Cc1cccc(N2CCN(C(=O)CC#N)CC2)c1C.Cl. The highest BCUT2D eigenvalue weighted by atomic mass is 35.5. The van der Waals surface area contributed by atoms with E-state index in [0.717, 1.165) is 13.1 Å². The molecule has 0 atom stereocenters. The minimum Gasteiger partial charge on any atom is -0.368 e. The van der Waals surface area contributed by atoms with Gasteiger partial charge in [0, 0.05) is 31.9 Å². The molecule has 4 nitrogen and oxygen atoms in total. The van der Waals surface area contributed by atoms with Crippen molar-refractivity contribution in [2.24, 2.45) is 0 Å². The van der Waals surface area contributed by atoms with Crippen molar-refractivity contribution in [1.29, 1.82) is 5.26 Å². The van der Waals surface area contributed by atoms with E-state index in [1.165, 1.54) is 16.8 Å². The largest absolute Gasteiger partial charge is 0.368 e. The van der Waals surface area contributed by atoms with Gasteiger partial charge in [-0.2, -0.15) is 5.26 Å². The molecule has 0 saturated carbocycles. The Morgan fingerprint density at radius 2 is 1.90 bits per heavy atom. The molecule has 0 bridgehead atoms. The summed E-state index contributed by atoms with van der Waals surface area (Å²) in [6.07, 6.45) is -0.0104. The summed E-state index contributed by atoms with van der Waals surface area (Å²) in [6.45, 7) is 7.33. The van der Waals surface area contributed by atoms with E-state index in [-0.39, 0.29) is 24.7 Å². The fraction of sp³-hybridized carbons (Fsp3) is 0.467. The summed E-state index contributed by atoms with van der Waals surface area (Å²) in [4.78, 5) is 15.7. The topological polar surface area (TPSA) is 47.3 Å². The molecule has 0 aromatic heterocycles. The lowest BCUT2D eigenvalue weighted by Crippen LogP contribution is -2.48. The van der Waals surface area contributed by atoms with Crippen LogP contribution in [0.2, 0.25) is 0 Å². The highest BCUT2D eigenvalue weighted by molar-refractivity contribution is 5.85. The number of hydrogen-bond donors (Lipinski definition) is 0. The molecular formula is C15H20ClN3O. The Bertz CT molecular complexity index is 516. The number of benzene rings is 1. The highest BCUT2D eigenvalue weighted by Gasteiger charge is 2.21. The molecule has 108 valence electrons. The Morgan fingerprint density at radius 1 is 1.25 bits per heavy atom. The molecule has 20 heavy (non-hydrogen) atoms. The zero-order valence-corrected chi connectivity index (χ0v) is 12.7. The van der Waals surface area contributed by atoms with Gasteiger partial charge < -0.3 is 9.80 Å². The molecule has 2 rings (SSSR count). The number of anilines is 1. The van der Waals surface area contributed by atoms with E-state index < -0.39 is 0 Å². The lowest BCUT2D eigenvalue weighted by Gasteiger charge is -2.36. The predicted octanol–water partition coefficient (Wildman–Crippen LogP) is 2.29. The van der Waals surface area contributed by atoms with Crippen LogP contribution in [0.15, 0.2) is 18.2 Å². The Kier molecular flexibility index (Phi) is 5.84. The van der Waals surface area contributed by atoms with Gasteiger partial charge in [0.1, 0.15) is 6.42 Å². The van der Waals surface area contributed by atoms with Gasteiger partial charge in [-0.15, -0.1) is 12.4 Å². The van der Waals surface area contributed by atoms with Crippen molar-refractivity contribution in [1.82, 2.24) is 4.90 Å². The van der Waals surface area contributed by atoms with Gasteiger partial charge in [-0.1, -0.05) is 12.1 Å². The fourth-order valence-corrected chi connectivity index (χ4v) is 2.45. The molecule has 1 aromatic carbocycles. The average Bonchev–Trinajstić information content (AvgIpc) is 2.42. The zero-order chi connectivity index (χ0) is 13.8. The summed E-state index contributed by atoms with van der Waals surface area (Å²) in [5.41, 5.74) is 3.85. The molecule has 0 radical (unpaired) electrons. The molecule has 0 N–H and O–H groups in total. The van der Waals surface area contributed by atoms with Crippen LogP contribution in [0, 0.1) is 25.2 Å². The second-order valence-electron chi connectivity index (χ2n) is 4.92. The van der Waals surface area contributed by atoms with Crippen molar-refractivity contribution in [3.63, 3.8) is 0 Å². The summed E-state index contributed by atoms with van der Waals surface area (Å²) >= 11 is 0. The van der Waals surface area contributed by atoms with Crippen molar-refractivity contribution in [2.75, 3.05) is 31.1 Å². The maximum Gasteiger partial charge on any atom is 0.236 e. The van der Waals surface area contributed by atoms with Gasteiger partial charge in [-0.05, 0) is 31.0 Å². The molecule has 0 unspecified atom stereocenters. The van der Waals surface area contributed by atoms with Crippen LogP contribution in [0.4, 0.5) is 5.69 Å². The number of halogens is 1. The second kappa shape index (κ2) is 7.16. The van der Waals surface area contributed by atoms with Gasteiger partial charge in [0.15, 0.2) is 0 Å². The minimum atomic E-state index is -0.0527. The zero-order valence-electron chi connectivity index (χ0n) is 11.9. The lowest BCUT2D eigenvalue weighted by atomic mass is 10.1. The van der Waals surface area contributed by atoms with E-state index >= 15 is 0 Å². The Morgan fingerprint density at radius 3 is 2.50 bits per heavy atom. The molecule has 1 aromatic rings. The van der Waals surface area contributed by atoms with Crippen molar-refractivity contribution in [3.8, 4) is 6.07 Å². The van der Waals surface area contributed by atoms with Gasteiger partial charge in [-0.3, -0.25) is 4.79 Å². The molecule has 0 spiro atoms. The number of piperazine rings is 1. The summed E-state index contributed by atoms with van der Waals surface area (Å²) in [6, 6.07) is 8.24. The molecular weight excluding hydrogens is 274 g/mol. The smallest absolute Gasteiger partial charge is 0.236 e. The van der Waals surface area contributed by atoms with Crippen LogP contribution in [-0.2, 0) is 4.79 Å². The molecule has 0 aliphatic carbocycles. The number of carbonyl (C=O) groups excluding carboxylic acids is 1. The standard InChI is InChI=1S/C15H19N3O.ClH/c1-12-4-3-5-14(13(12)2)17-8-10-18(11-9-17)15(19)6-7-16;/h3-5H,6,8-11H2,1-2H3;1H. The van der Waals surface area contributed by atoms with Crippen LogP contribution in [0.5, 0.6) is 0 Å². The van der Waals surface area contributed by atoms with Crippen molar-refractivity contribution < 1.29 is 4.79 Å². The van der Waals surface area contributed by atoms with Crippen molar-refractivity contribution in [2.45, 2.75) is 20.3 Å². The molecule has 1 aliphatic heterocycles. The second-order valence-corrected chi connectivity index (χ2v) is 4.92. The van der Waals surface area contributed by atoms with Gasteiger partial charge in [0.2, 0.25) is 5.91 Å². The van der Waals surface area contributed by atoms with Gasteiger partial charge in [0.05, 0.1) is 6.07 Å². The molecule has 1 amide bonds. The Balaban J connectivity index is 0.00000200. The third-order valence-corrected chi connectivity index (χ3v) is 3.78. The first-order valence-corrected chi connectivity index (χ1v) is 6.59. The van der Waals surface area contributed by atoms with Gasteiger partial charge >= 0.3 is 0 Å². The van der Waals surface area contributed by atoms with Gasteiger partial charge in [-0.25, -0.2) is 0 Å². The van der Waals surface area contributed by atoms with Crippen LogP contribution in [-0.4, -0.2) is 37.0 Å². The summed E-state index contributed by atoms with van der Waals surface area (Å²) < 4.78 is 0. The molecule has 5 heteroatoms. The quantitative estimate of drug-likeness (QED) is 0.840. The fourth-order valence-electron chi connectivity index (χ4n) is 2.45. The van der Waals surface area contributed by atoms with Crippen LogP contribution in [0.3, 0.4) is 0 Å². The maximum absolute atomic E-state index is 11.6. The molecule has 1 fully saturated rings. The first-order chi connectivity index (χ1) is 9.13. The highest BCUT2D eigenvalue weighted by Crippen LogP contribution is 2.23. The number of aryl methyl sites for hydroxylation is 1. The molecule has 1 aliphatic rings. The van der Waals surface area contributed by atoms with Crippen LogP contribution in [0.25, 0.3) is 0 Å². The number of nitrogens with zero attached hydrogens (tertiary/aromatic N) is 3. The number of nitriles is 1. The first kappa shape index (κ1) is 16.3. The Labute approximate surface area is 126 Å². The monoisotopic (exact) mass is 293 g/mol. The summed E-state index contributed by atoms with van der Waals surface area (Å²) in [5.74, 6) is -0.0527. The number of rotatable bonds is 2. The molecule has 1 heterocycles. The van der Waals surface area contributed by atoms with Crippen molar-refractivity contribution >= 4 is 24.0 Å². The van der Waals surface area contributed by atoms with E-state index in [2.05, 4.69) is 36.9 Å². The van der Waals surface area contributed by atoms with E-state index in [1.807, 2.05) is 6.07 Å². The number of hydrogen-bond acceptors (Lipinski definition) is 3. The number of amides is 1. The van der Waals surface area contributed by atoms with Crippen LogP contribution >= 0.6 is 12.4 Å². The maximum atomic E-state index is 11.6. The summed E-state index contributed by atoms with van der Waals surface area (Å²) in [5, 5.41) is 8.56. The molecule has 1 saturated heterocycles. The van der Waals surface area contributed by atoms with E-state index in [1.54, 1.807) is 4.90 Å². The van der Waals surface area contributed by atoms with Crippen LogP contribution < -0.4 is 4.90 Å². The Hall–Kier alpha value is -1.73. The summed E-state index contributed by atoms with van der Waals surface area (Å²) in [7, 11) is 0. The first-order valence-electron chi connectivity index (χ1n) is 6.59. The normalized spacial score (nSPS) is 14.4. The minimum absolute atomic E-state index is 0. The average molecular weight is 294 g/mol. The third kappa shape index (κ3) is 3.43. The van der Waals surface area contributed by atoms with Gasteiger partial charge in [0.25, 0.3) is 0 Å². The van der Waals surface area contributed by atoms with E-state index in [0.29, 0.717) is 13.1 Å². The van der Waals surface area contributed by atoms with Crippen molar-refractivity contribution in [3.05, 3.63) is 29.3 Å². The third-order valence-electron chi connectivity index (χ3n) is 3.78.